The van der Waals surface area contributed by atoms with Gasteiger partial charge in [-0.2, -0.15) is 0 Å². The standard InChI is InChI=1S/C12H10Cl2N2OS/c1-7(9-5-6-11(14)18-9)15-12(17)8-3-2-4-10(13)16-8/h2-7H,1H3,(H,15,17). The number of pyridine rings is 1. The molecule has 3 nitrogen and oxygen atoms in total. The maximum atomic E-state index is 11.9. The van der Waals surface area contributed by atoms with Crippen molar-refractivity contribution in [3.8, 4) is 0 Å². The van der Waals surface area contributed by atoms with Crippen LogP contribution in [0.25, 0.3) is 0 Å². The molecule has 0 aliphatic heterocycles. The van der Waals surface area contributed by atoms with Gasteiger partial charge in [0.05, 0.1) is 10.4 Å². The molecule has 2 heterocycles. The van der Waals surface area contributed by atoms with Gasteiger partial charge >= 0.3 is 0 Å². The van der Waals surface area contributed by atoms with Crippen molar-refractivity contribution in [2.75, 3.05) is 0 Å². The number of halogens is 2. The number of carbonyl (C=O) groups excluding carboxylic acids is 1. The van der Waals surface area contributed by atoms with Crippen molar-refractivity contribution in [1.29, 1.82) is 0 Å². The number of nitrogens with zero attached hydrogens (tertiary/aromatic N) is 1. The summed E-state index contributed by atoms with van der Waals surface area (Å²) in [5.41, 5.74) is 0.303. The van der Waals surface area contributed by atoms with E-state index in [0.717, 1.165) is 4.88 Å². The number of amides is 1. The molecule has 6 heteroatoms. The molecule has 2 aromatic heterocycles. The lowest BCUT2D eigenvalue weighted by Gasteiger charge is -2.11. The fraction of sp³-hybridized carbons (Fsp3) is 0.167. The first kappa shape index (κ1) is 13.3. The predicted molar refractivity (Wildman–Crippen MR) is 74.5 cm³/mol. The van der Waals surface area contributed by atoms with Crippen LogP contribution in [-0.2, 0) is 0 Å². The van der Waals surface area contributed by atoms with Gasteiger partial charge in [-0.1, -0.05) is 29.3 Å². The number of aromatic nitrogens is 1. The maximum absolute atomic E-state index is 11.9. The molecule has 0 aliphatic rings. The third-order valence-corrected chi connectivity index (χ3v) is 3.94. The van der Waals surface area contributed by atoms with E-state index >= 15 is 0 Å². The highest BCUT2D eigenvalue weighted by Crippen LogP contribution is 2.26. The zero-order chi connectivity index (χ0) is 13.1. The van der Waals surface area contributed by atoms with E-state index in [-0.39, 0.29) is 11.9 Å². The van der Waals surface area contributed by atoms with E-state index in [4.69, 9.17) is 23.2 Å². The van der Waals surface area contributed by atoms with Gasteiger partial charge in [-0.25, -0.2) is 4.98 Å². The minimum Gasteiger partial charge on any atom is -0.343 e. The minimum absolute atomic E-state index is 0.115. The average Bonchev–Trinajstić information content (AvgIpc) is 2.76. The summed E-state index contributed by atoms with van der Waals surface area (Å²) < 4.78 is 0.701. The van der Waals surface area contributed by atoms with Crippen LogP contribution in [0.4, 0.5) is 0 Å². The summed E-state index contributed by atoms with van der Waals surface area (Å²) in [5.74, 6) is -0.255. The highest BCUT2D eigenvalue weighted by Gasteiger charge is 2.14. The van der Waals surface area contributed by atoms with Gasteiger partial charge < -0.3 is 5.32 Å². The van der Waals surface area contributed by atoms with Crippen molar-refractivity contribution in [3.63, 3.8) is 0 Å². The predicted octanol–water partition coefficient (Wildman–Crippen LogP) is 3.94. The van der Waals surface area contributed by atoms with Crippen LogP contribution < -0.4 is 5.32 Å². The Morgan fingerprint density at radius 1 is 1.33 bits per heavy atom. The topological polar surface area (TPSA) is 42.0 Å². The van der Waals surface area contributed by atoms with Gasteiger partial charge in [-0.05, 0) is 31.2 Å². The first-order valence-electron chi connectivity index (χ1n) is 5.25. The second-order valence-corrected chi connectivity index (χ2v) is 5.82. The molecule has 0 radical (unpaired) electrons. The van der Waals surface area contributed by atoms with E-state index in [1.807, 2.05) is 19.1 Å². The molecular formula is C12H10Cl2N2OS. The van der Waals surface area contributed by atoms with Crippen LogP contribution >= 0.6 is 34.5 Å². The lowest BCUT2D eigenvalue weighted by atomic mass is 10.2. The van der Waals surface area contributed by atoms with E-state index in [1.54, 1.807) is 18.2 Å². The highest BCUT2D eigenvalue weighted by atomic mass is 35.5. The fourth-order valence-electron chi connectivity index (χ4n) is 1.44. The van der Waals surface area contributed by atoms with Crippen LogP contribution in [0, 0.1) is 0 Å². The summed E-state index contributed by atoms with van der Waals surface area (Å²) >= 11 is 13.0. The summed E-state index contributed by atoms with van der Waals surface area (Å²) in [7, 11) is 0. The third-order valence-electron chi connectivity index (χ3n) is 2.32. The van der Waals surface area contributed by atoms with Crippen molar-refractivity contribution in [2.45, 2.75) is 13.0 Å². The summed E-state index contributed by atoms with van der Waals surface area (Å²) in [6.07, 6.45) is 0. The average molecular weight is 301 g/mol. The van der Waals surface area contributed by atoms with Crippen molar-refractivity contribution in [2.24, 2.45) is 0 Å². The van der Waals surface area contributed by atoms with Crippen LogP contribution in [0.2, 0.25) is 9.49 Å². The van der Waals surface area contributed by atoms with E-state index in [0.29, 0.717) is 15.2 Å². The Morgan fingerprint density at radius 2 is 2.11 bits per heavy atom. The number of hydrogen-bond donors (Lipinski definition) is 1. The molecule has 94 valence electrons. The Morgan fingerprint density at radius 3 is 2.72 bits per heavy atom. The highest BCUT2D eigenvalue weighted by molar-refractivity contribution is 7.16. The molecule has 1 amide bonds. The van der Waals surface area contributed by atoms with E-state index in [9.17, 15) is 4.79 Å². The number of rotatable bonds is 3. The largest absolute Gasteiger partial charge is 0.343 e. The second-order valence-electron chi connectivity index (χ2n) is 3.68. The molecule has 0 bridgehead atoms. The first-order chi connectivity index (χ1) is 8.56. The van der Waals surface area contributed by atoms with Crippen molar-refractivity contribution in [1.82, 2.24) is 10.3 Å². The smallest absolute Gasteiger partial charge is 0.270 e. The molecule has 0 fully saturated rings. The molecule has 0 aliphatic carbocycles. The van der Waals surface area contributed by atoms with Crippen molar-refractivity contribution in [3.05, 3.63) is 50.4 Å². The van der Waals surface area contributed by atoms with Gasteiger partial charge in [0, 0.05) is 4.88 Å². The van der Waals surface area contributed by atoms with E-state index in [1.165, 1.54) is 11.3 Å². The molecule has 0 saturated carbocycles. The van der Waals surface area contributed by atoms with Crippen molar-refractivity contribution >= 4 is 40.4 Å². The van der Waals surface area contributed by atoms with Crippen LogP contribution in [0.1, 0.15) is 28.3 Å². The van der Waals surface area contributed by atoms with E-state index in [2.05, 4.69) is 10.3 Å². The molecule has 2 aromatic rings. The van der Waals surface area contributed by atoms with Gasteiger partial charge in [-0.15, -0.1) is 11.3 Å². The zero-order valence-corrected chi connectivity index (χ0v) is 11.8. The van der Waals surface area contributed by atoms with Crippen LogP contribution in [0.5, 0.6) is 0 Å². The van der Waals surface area contributed by atoms with Gasteiger partial charge in [0.25, 0.3) is 5.91 Å². The molecule has 0 aromatic carbocycles. The Labute approximate surface area is 119 Å². The van der Waals surface area contributed by atoms with Crippen LogP contribution in [-0.4, -0.2) is 10.9 Å². The third kappa shape index (κ3) is 3.22. The number of thiophene rings is 1. The first-order valence-corrected chi connectivity index (χ1v) is 6.82. The number of nitrogens with one attached hydrogen (secondary N) is 1. The molecule has 0 spiro atoms. The second kappa shape index (κ2) is 5.69. The zero-order valence-electron chi connectivity index (χ0n) is 9.48. The van der Waals surface area contributed by atoms with Crippen molar-refractivity contribution < 1.29 is 4.79 Å². The van der Waals surface area contributed by atoms with Gasteiger partial charge in [-0.3, -0.25) is 4.79 Å². The Bertz CT molecular complexity index is 571. The normalized spacial score (nSPS) is 12.2. The maximum Gasteiger partial charge on any atom is 0.270 e. The number of hydrogen-bond acceptors (Lipinski definition) is 3. The molecule has 0 saturated heterocycles. The molecule has 1 unspecified atom stereocenters. The molecule has 2 rings (SSSR count). The molecule has 18 heavy (non-hydrogen) atoms. The van der Waals surface area contributed by atoms with E-state index < -0.39 is 0 Å². The monoisotopic (exact) mass is 300 g/mol. The molecule has 1 atom stereocenters. The van der Waals surface area contributed by atoms with Gasteiger partial charge in [0.15, 0.2) is 0 Å². The van der Waals surface area contributed by atoms with Gasteiger partial charge in [0.1, 0.15) is 10.8 Å². The Hall–Kier alpha value is -1.10. The fourth-order valence-corrected chi connectivity index (χ4v) is 2.66. The Balaban J connectivity index is 2.08. The summed E-state index contributed by atoms with van der Waals surface area (Å²) in [5, 5.41) is 3.15. The summed E-state index contributed by atoms with van der Waals surface area (Å²) in [6, 6.07) is 8.52. The summed E-state index contributed by atoms with van der Waals surface area (Å²) in [4.78, 5) is 16.9. The van der Waals surface area contributed by atoms with Gasteiger partial charge in [0.2, 0.25) is 0 Å². The number of carbonyl (C=O) groups is 1. The SMILES string of the molecule is CC(NC(=O)c1cccc(Cl)n1)c1ccc(Cl)s1. The Kier molecular flexibility index (Phi) is 4.22. The lowest BCUT2D eigenvalue weighted by Crippen LogP contribution is -2.26. The van der Waals surface area contributed by atoms with Crippen LogP contribution in [0.3, 0.4) is 0 Å². The molecule has 1 N–H and O–H groups in total. The quantitative estimate of drug-likeness (QED) is 0.872. The van der Waals surface area contributed by atoms with Crippen LogP contribution in [0.15, 0.2) is 30.3 Å². The minimum atomic E-state index is -0.255. The summed E-state index contributed by atoms with van der Waals surface area (Å²) in [6.45, 7) is 1.89. The molecular weight excluding hydrogens is 291 g/mol. The lowest BCUT2D eigenvalue weighted by molar-refractivity contribution is 0.0935.